The van der Waals surface area contributed by atoms with Crippen LogP contribution < -0.4 is 15.5 Å². The molecule has 1 unspecified atom stereocenters. The molecule has 1 fully saturated rings. The number of hydrogen-bond acceptors (Lipinski definition) is 3. The van der Waals surface area contributed by atoms with E-state index in [1.54, 1.807) is 0 Å². The number of rotatable bonds is 3. The van der Waals surface area contributed by atoms with Gasteiger partial charge in [-0.15, -0.1) is 0 Å². The van der Waals surface area contributed by atoms with Gasteiger partial charge in [0.2, 0.25) is 0 Å². The predicted molar refractivity (Wildman–Crippen MR) is 59.5 cm³/mol. The zero-order valence-electron chi connectivity index (χ0n) is 8.53. The molecule has 0 radical (unpaired) electrons. The Labute approximate surface area is 85.1 Å². The summed E-state index contributed by atoms with van der Waals surface area (Å²) >= 11 is 0. The van der Waals surface area contributed by atoms with E-state index in [4.69, 9.17) is 0 Å². The van der Waals surface area contributed by atoms with E-state index in [0.29, 0.717) is 6.04 Å². The Morgan fingerprint density at radius 2 is 2.14 bits per heavy atom. The summed E-state index contributed by atoms with van der Waals surface area (Å²) in [7, 11) is 2.13. The quantitative estimate of drug-likeness (QED) is 0.734. The first-order valence-electron chi connectivity index (χ1n) is 5.06. The van der Waals surface area contributed by atoms with Gasteiger partial charge in [-0.05, 0) is 12.1 Å². The van der Waals surface area contributed by atoms with Crippen molar-refractivity contribution in [2.24, 2.45) is 0 Å². The van der Waals surface area contributed by atoms with Gasteiger partial charge in [0, 0.05) is 38.5 Å². The summed E-state index contributed by atoms with van der Waals surface area (Å²) in [4.78, 5) is 2.28. The minimum absolute atomic E-state index is 0.570. The molecule has 1 aliphatic heterocycles. The Bertz CT molecular complexity index is 267. The van der Waals surface area contributed by atoms with Crippen molar-refractivity contribution in [2.45, 2.75) is 6.04 Å². The van der Waals surface area contributed by atoms with Crippen LogP contribution in [-0.2, 0) is 0 Å². The molecule has 1 atom stereocenters. The maximum absolute atomic E-state index is 3.40. The van der Waals surface area contributed by atoms with Gasteiger partial charge in [-0.3, -0.25) is 5.32 Å². The van der Waals surface area contributed by atoms with Gasteiger partial charge in [0.25, 0.3) is 0 Å². The molecule has 0 bridgehead atoms. The first kappa shape index (κ1) is 9.49. The third-order valence-corrected chi connectivity index (χ3v) is 2.60. The molecule has 3 heteroatoms. The number of likely N-dealkylation sites (N-methyl/N-ethyl adjacent to an activating group) is 1. The highest BCUT2D eigenvalue weighted by Crippen LogP contribution is 2.11. The first-order chi connectivity index (χ1) is 6.86. The van der Waals surface area contributed by atoms with Crippen LogP contribution in [0.25, 0.3) is 0 Å². The number of hydrogen-bond donors (Lipinski definition) is 2. The summed E-state index contributed by atoms with van der Waals surface area (Å²) in [5.41, 5.74) is 1.28. The molecule has 14 heavy (non-hydrogen) atoms. The van der Waals surface area contributed by atoms with Crippen LogP contribution in [0.3, 0.4) is 0 Å². The monoisotopic (exact) mass is 191 g/mol. The van der Waals surface area contributed by atoms with Crippen molar-refractivity contribution in [2.75, 3.05) is 31.7 Å². The van der Waals surface area contributed by atoms with Crippen LogP contribution in [0.1, 0.15) is 0 Å². The molecule has 0 aliphatic carbocycles. The second-order valence-electron chi connectivity index (χ2n) is 3.75. The minimum Gasteiger partial charge on any atom is -0.373 e. The van der Waals surface area contributed by atoms with Crippen molar-refractivity contribution < 1.29 is 0 Å². The normalized spacial score (nSPS) is 21.1. The van der Waals surface area contributed by atoms with E-state index in [0.717, 1.165) is 19.8 Å². The third kappa shape index (κ3) is 2.25. The molecule has 2 N–H and O–H groups in total. The molecule has 76 valence electrons. The van der Waals surface area contributed by atoms with E-state index >= 15 is 0 Å². The SMILES string of the molecule is CN(CC1CNCN1)c1ccccc1. The fourth-order valence-electron chi connectivity index (χ4n) is 1.78. The summed E-state index contributed by atoms with van der Waals surface area (Å²) in [6.07, 6.45) is 0. The molecule has 1 aromatic carbocycles. The van der Waals surface area contributed by atoms with E-state index in [2.05, 4.69) is 46.8 Å². The van der Waals surface area contributed by atoms with E-state index < -0.39 is 0 Å². The highest BCUT2D eigenvalue weighted by atomic mass is 15.2. The van der Waals surface area contributed by atoms with E-state index in [-0.39, 0.29) is 0 Å². The van der Waals surface area contributed by atoms with Crippen molar-refractivity contribution in [3.8, 4) is 0 Å². The lowest BCUT2D eigenvalue weighted by molar-refractivity contribution is 0.624. The number of nitrogens with zero attached hydrogens (tertiary/aromatic N) is 1. The maximum atomic E-state index is 3.40. The van der Waals surface area contributed by atoms with Gasteiger partial charge in [-0.25, -0.2) is 0 Å². The van der Waals surface area contributed by atoms with Gasteiger partial charge in [-0.2, -0.15) is 0 Å². The average molecular weight is 191 g/mol. The lowest BCUT2D eigenvalue weighted by Crippen LogP contribution is -2.37. The molecule has 1 heterocycles. The second-order valence-corrected chi connectivity index (χ2v) is 3.75. The number of para-hydroxylation sites is 1. The lowest BCUT2D eigenvalue weighted by Gasteiger charge is -2.22. The zero-order valence-corrected chi connectivity index (χ0v) is 8.53. The molecular formula is C11H17N3. The van der Waals surface area contributed by atoms with Crippen LogP contribution in [0, 0.1) is 0 Å². The van der Waals surface area contributed by atoms with Crippen LogP contribution in [0.2, 0.25) is 0 Å². The molecule has 0 saturated carbocycles. The van der Waals surface area contributed by atoms with E-state index in [1.165, 1.54) is 5.69 Å². The molecule has 1 aliphatic rings. The molecule has 0 spiro atoms. The Hall–Kier alpha value is -1.06. The van der Waals surface area contributed by atoms with Crippen molar-refractivity contribution in [1.82, 2.24) is 10.6 Å². The Kier molecular flexibility index (Phi) is 3.01. The van der Waals surface area contributed by atoms with Crippen LogP contribution >= 0.6 is 0 Å². The number of nitrogens with one attached hydrogen (secondary N) is 2. The standard InChI is InChI=1S/C11H17N3/c1-14(8-10-7-12-9-13-10)11-5-3-2-4-6-11/h2-6,10,12-13H,7-9H2,1H3. The van der Waals surface area contributed by atoms with Crippen LogP contribution in [0.5, 0.6) is 0 Å². The second kappa shape index (κ2) is 4.44. The van der Waals surface area contributed by atoms with Gasteiger partial charge in [0.15, 0.2) is 0 Å². The molecule has 3 nitrogen and oxygen atoms in total. The third-order valence-electron chi connectivity index (χ3n) is 2.60. The van der Waals surface area contributed by atoms with Crippen molar-refractivity contribution in [1.29, 1.82) is 0 Å². The van der Waals surface area contributed by atoms with Crippen molar-refractivity contribution in [3.05, 3.63) is 30.3 Å². The van der Waals surface area contributed by atoms with Gasteiger partial charge in [0.1, 0.15) is 0 Å². The summed E-state index contributed by atoms with van der Waals surface area (Å²) in [6, 6.07) is 11.1. The van der Waals surface area contributed by atoms with Gasteiger partial charge in [-0.1, -0.05) is 18.2 Å². The Balaban J connectivity index is 1.92. The van der Waals surface area contributed by atoms with Crippen LogP contribution in [0.4, 0.5) is 5.69 Å². The summed E-state index contributed by atoms with van der Waals surface area (Å²) < 4.78 is 0. The topological polar surface area (TPSA) is 27.3 Å². The van der Waals surface area contributed by atoms with Crippen LogP contribution in [0.15, 0.2) is 30.3 Å². The largest absolute Gasteiger partial charge is 0.373 e. The van der Waals surface area contributed by atoms with Gasteiger partial charge in [0.05, 0.1) is 0 Å². The number of benzene rings is 1. The van der Waals surface area contributed by atoms with E-state index in [1.807, 2.05) is 6.07 Å². The highest BCUT2D eigenvalue weighted by Gasteiger charge is 2.15. The van der Waals surface area contributed by atoms with Crippen LogP contribution in [-0.4, -0.2) is 32.8 Å². The Morgan fingerprint density at radius 1 is 1.36 bits per heavy atom. The summed E-state index contributed by atoms with van der Waals surface area (Å²) in [6.45, 7) is 3.06. The van der Waals surface area contributed by atoms with E-state index in [9.17, 15) is 0 Å². The smallest absolute Gasteiger partial charge is 0.0458 e. The molecule has 0 aromatic heterocycles. The molecule has 1 aromatic rings. The fraction of sp³-hybridized carbons (Fsp3) is 0.455. The first-order valence-corrected chi connectivity index (χ1v) is 5.06. The summed E-state index contributed by atoms with van der Waals surface area (Å²) in [5, 5.41) is 6.70. The zero-order chi connectivity index (χ0) is 9.80. The molecular weight excluding hydrogens is 174 g/mol. The number of anilines is 1. The molecule has 2 rings (SSSR count). The van der Waals surface area contributed by atoms with Gasteiger partial charge < -0.3 is 10.2 Å². The Morgan fingerprint density at radius 3 is 2.79 bits per heavy atom. The average Bonchev–Trinajstić information content (AvgIpc) is 2.72. The predicted octanol–water partition coefficient (Wildman–Crippen LogP) is 0.642. The van der Waals surface area contributed by atoms with Gasteiger partial charge >= 0.3 is 0 Å². The highest BCUT2D eigenvalue weighted by molar-refractivity contribution is 5.45. The summed E-state index contributed by atoms with van der Waals surface area (Å²) in [5.74, 6) is 0. The maximum Gasteiger partial charge on any atom is 0.0458 e. The fourth-order valence-corrected chi connectivity index (χ4v) is 1.78. The molecule has 1 saturated heterocycles. The minimum atomic E-state index is 0.570. The van der Waals surface area contributed by atoms with Crippen molar-refractivity contribution in [3.63, 3.8) is 0 Å². The lowest BCUT2D eigenvalue weighted by atomic mass is 10.2. The molecule has 0 amide bonds. The van der Waals surface area contributed by atoms with Crippen molar-refractivity contribution >= 4 is 5.69 Å².